The molecule has 0 aliphatic rings. The quantitative estimate of drug-likeness (QED) is 0.651. The van der Waals surface area contributed by atoms with Crippen molar-refractivity contribution in [3.05, 3.63) is 59.7 Å². The largest absolute Gasteiger partial charge is 0.252 e. The predicted octanol–water partition coefficient (Wildman–Crippen LogP) is 5.15. The minimum Gasteiger partial charge on any atom is -0.252 e. The van der Waals surface area contributed by atoms with Gasteiger partial charge in [0.05, 0.1) is 16.6 Å². The van der Waals surface area contributed by atoms with Gasteiger partial charge in [-0.3, -0.25) is 9.97 Å². The van der Waals surface area contributed by atoms with Crippen LogP contribution in [0.25, 0.3) is 21.6 Å². The molecule has 4 heteroatoms. The van der Waals surface area contributed by atoms with Crippen LogP contribution in [0.15, 0.2) is 42.0 Å². The first-order valence-corrected chi connectivity index (χ1v) is 8.22. The Morgan fingerprint density at radius 1 is 1.23 bits per heavy atom. The number of pyridine rings is 1. The summed E-state index contributed by atoms with van der Waals surface area (Å²) >= 11 is 1.56. The molecule has 2 nitrogen and oxygen atoms in total. The number of aryl methyl sites for hydroxylation is 1. The Morgan fingerprint density at radius 3 is 2.73 bits per heavy atom. The minimum absolute atomic E-state index is 0.229. The van der Waals surface area contributed by atoms with Crippen LogP contribution in [-0.4, -0.2) is 9.97 Å². The van der Waals surface area contributed by atoms with Gasteiger partial charge in [-0.2, -0.15) is 0 Å². The van der Waals surface area contributed by atoms with E-state index in [1.807, 2.05) is 6.20 Å². The SMILES string of the molecule is CCCCc1cc(-c2ccc(F)cc2)c(-c2cncs2)[c]n1. The Balaban J connectivity index is 2.08. The first kappa shape index (κ1) is 14.9. The number of unbranched alkanes of at least 4 members (excludes halogenated alkanes) is 1. The maximum atomic E-state index is 13.2. The summed E-state index contributed by atoms with van der Waals surface area (Å²) in [7, 11) is 0. The molecule has 0 aliphatic heterocycles. The summed E-state index contributed by atoms with van der Waals surface area (Å²) in [5.74, 6) is -0.229. The van der Waals surface area contributed by atoms with E-state index < -0.39 is 0 Å². The highest BCUT2D eigenvalue weighted by Crippen LogP contribution is 2.34. The van der Waals surface area contributed by atoms with Gasteiger partial charge in [-0.25, -0.2) is 4.39 Å². The summed E-state index contributed by atoms with van der Waals surface area (Å²) in [6.45, 7) is 2.16. The van der Waals surface area contributed by atoms with E-state index in [1.54, 1.807) is 29.0 Å². The molecule has 1 aromatic carbocycles. The summed E-state index contributed by atoms with van der Waals surface area (Å²) in [4.78, 5) is 9.61. The molecule has 0 bridgehead atoms. The number of hydrogen-bond acceptors (Lipinski definition) is 3. The lowest BCUT2D eigenvalue weighted by Crippen LogP contribution is -1.94. The molecule has 22 heavy (non-hydrogen) atoms. The molecule has 3 rings (SSSR count). The fraction of sp³-hybridized carbons (Fsp3) is 0.222. The van der Waals surface area contributed by atoms with Gasteiger partial charge in [-0.15, -0.1) is 11.3 Å². The zero-order chi connectivity index (χ0) is 15.4. The molecule has 0 aliphatic carbocycles. The summed E-state index contributed by atoms with van der Waals surface area (Å²) in [5.41, 5.74) is 5.75. The van der Waals surface area contributed by atoms with E-state index in [0.717, 1.165) is 46.5 Å². The van der Waals surface area contributed by atoms with Crippen LogP contribution in [-0.2, 0) is 6.42 Å². The van der Waals surface area contributed by atoms with Crippen LogP contribution in [0.5, 0.6) is 0 Å². The van der Waals surface area contributed by atoms with Crippen LogP contribution in [0.2, 0.25) is 0 Å². The zero-order valence-corrected chi connectivity index (χ0v) is 13.2. The topological polar surface area (TPSA) is 25.8 Å². The molecular formula is C18H16FN2S. The summed E-state index contributed by atoms with van der Waals surface area (Å²) in [5, 5.41) is 0. The first-order chi connectivity index (χ1) is 10.8. The van der Waals surface area contributed by atoms with Crippen molar-refractivity contribution in [2.24, 2.45) is 0 Å². The van der Waals surface area contributed by atoms with E-state index in [4.69, 9.17) is 0 Å². The van der Waals surface area contributed by atoms with E-state index in [2.05, 4.69) is 29.2 Å². The zero-order valence-electron chi connectivity index (χ0n) is 12.3. The number of hydrogen-bond donors (Lipinski definition) is 0. The van der Waals surface area contributed by atoms with Gasteiger partial charge in [0, 0.05) is 17.5 Å². The summed E-state index contributed by atoms with van der Waals surface area (Å²) in [6.07, 6.45) is 8.14. The van der Waals surface area contributed by atoms with Crippen molar-refractivity contribution >= 4 is 11.3 Å². The molecule has 2 aromatic heterocycles. The van der Waals surface area contributed by atoms with Crippen LogP contribution in [0, 0.1) is 12.0 Å². The van der Waals surface area contributed by atoms with Crippen molar-refractivity contribution in [3.63, 3.8) is 0 Å². The lowest BCUT2D eigenvalue weighted by molar-refractivity contribution is 0.628. The maximum Gasteiger partial charge on any atom is 0.123 e. The lowest BCUT2D eigenvalue weighted by atomic mass is 9.99. The summed E-state index contributed by atoms with van der Waals surface area (Å²) in [6, 6.07) is 8.66. The molecule has 0 saturated carbocycles. The molecule has 0 saturated heterocycles. The van der Waals surface area contributed by atoms with Gasteiger partial charge < -0.3 is 0 Å². The van der Waals surface area contributed by atoms with Gasteiger partial charge in [0.15, 0.2) is 0 Å². The van der Waals surface area contributed by atoms with Crippen molar-refractivity contribution in [2.45, 2.75) is 26.2 Å². The molecule has 0 fully saturated rings. The summed E-state index contributed by atoms with van der Waals surface area (Å²) < 4.78 is 13.2. The third kappa shape index (κ3) is 3.22. The minimum atomic E-state index is -0.229. The molecule has 0 unspecified atom stereocenters. The molecule has 111 valence electrons. The number of halogens is 1. The van der Waals surface area contributed by atoms with E-state index in [9.17, 15) is 4.39 Å². The standard InChI is InChI=1S/C18H16FN2S/c1-2-3-4-15-9-16(13-5-7-14(19)8-6-13)17(10-21-15)18-11-20-12-22-18/h5-9,11-12H,2-4H2,1H3. The predicted molar refractivity (Wildman–Crippen MR) is 88.2 cm³/mol. The fourth-order valence-corrected chi connectivity index (χ4v) is 2.96. The van der Waals surface area contributed by atoms with E-state index in [-0.39, 0.29) is 5.82 Å². The molecule has 0 atom stereocenters. The molecule has 0 amide bonds. The Kier molecular flexibility index (Phi) is 4.59. The van der Waals surface area contributed by atoms with Crippen LogP contribution in [0.3, 0.4) is 0 Å². The Bertz CT molecular complexity index is 736. The van der Waals surface area contributed by atoms with Crippen molar-refractivity contribution in [1.29, 1.82) is 0 Å². The number of rotatable bonds is 5. The molecule has 0 N–H and O–H groups in total. The average Bonchev–Trinajstić information content (AvgIpc) is 3.08. The van der Waals surface area contributed by atoms with Crippen molar-refractivity contribution < 1.29 is 4.39 Å². The second-order valence-corrected chi connectivity index (χ2v) is 6.01. The number of benzene rings is 1. The fourth-order valence-electron chi connectivity index (χ4n) is 2.33. The molecule has 2 heterocycles. The second-order valence-electron chi connectivity index (χ2n) is 5.12. The maximum absolute atomic E-state index is 13.2. The van der Waals surface area contributed by atoms with E-state index in [1.165, 1.54) is 12.1 Å². The van der Waals surface area contributed by atoms with Gasteiger partial charge in [0.1, 0.15) is 5.82 Å². The van der Waals surface area contributed by atoms with Gasteiger partial charge in [-0.05, 0) is 42.2 Å². The highest BCUT2D eigenvalue weighted by molar-refractivity contribution is 7.13. The van der Waals surface area contributed by atoms with E-state index >= 15 is 0 Å². The second kappa shape index (κ2) is 6.79. The van der Waals surface area contributed by atoms with Gasteiger partial charge in [0.2, 0.25) is 0 Å². The Labute approximate surface area is 133 Å². The molecular weight excluding hydrogens is 295 g/mol. The number of nitrogens with zero attached hydrogens (tertiary/aromatic N) is 2. The van der Waals surface area contributed by atoms with Crippen LogP contribution >= 0.6 is 11.3 Å². The number of aromatic nitrogens is 2. The van der Waals surface area contributed by atoms with Crippen LogP contribution in [0.4, 0.5) is 4.39 Å². The molecule has 3 aromatic rings. The molecule has 0 spiro atoms. The Hall–Kier alpha value is -2.07. The van der Waals surface area contributed by atoms with Crippen molar-refractivity contribution in [1.82, 2.24) is 9.97 Å². The van der Waals surface area contributed by atoms with Gasteiger partial charge in [0.25, 0.3) is 0 Å². The molecule has 1 radical (unpaired) electrons. The third-order valence-corrected chi connectivity index (χ3v) is 4.30. The highest BCUT2D eigenvalue weighted by Gasteiger charge is 2.12. The van der Waals surface area contributed by atoms with Crippen molar-refractivity contribution in [3.8, 4) is 21.6 Å². The highest BCUT2D eigenvalue weighted by atomic mass is 32.1. The third-order valence-electron chi connectivity index (χ3n) is 3.51. The van der Waals surface area contributed by atoms with Crippen LogP contribution in [0.1, 0.15) is 25.5 Å². The van der Waals surface area contributed by atoms with Crippen molar-refractivity contribution in [2.75, 3.05) is 0 Å². The van der Waals surface area contributed by atoms with Gasteiger partial charge >= 0.3 is 0 Å². The van der Waals surface area contributed by atoms with E-state index in [0.29, 0.717) is 0 Å². The smallest absolute Gasteiger partial charge is 0.123 e. The van der Waals surface area contributed by atoms with Crippen LogP contribution < -0.4 is 0 Å². The number of thiazole rings is 1. The Morgan fingerprint density at radius 2 is 2.05 bits per heavy atom. The monoisotopic (exact) mass is 311 g/mol. The average molecular weight is 311 g/mol. The normalized spacial score (nSPS) is 10.8. The first-order valence-electron chi connectivity index (χ1n) is 7.34. The van der Waals surface area contributed by atoms with Gasteiger partial charge in [-0.1, -0.05) is 25.5 Å². The lowest BCUT2D eigenvalue weighted by Gasteiger charge is -2.10.